The number of hydrogen-bond acceptors (Lipinski definition) is 4. The Morgan fingerprint density at radius 2 is 1.76 bits per heavy atom. The fraction of sp³-hybridized carbons (Fsp3) is 0.667. The van der Waals surface area contributed by atoms with Crippen LogP contribution in [0, 0.1) is 17.8 Å². The van der Waals surface area contributed by atoms with Crippen molar-refractivity contribution < 1.29 is 14.4 Å². The first-order valence-electron chi connectivity index (χ1n) is 13.1. The topological polar surface area (TPSA) is 95.7 Å². The van der Waals surface area contributed by atoms with Crippen molar-refractivity contribution in [3.63, 3.8) is 0 Å². The first kappa shape index (κ1) is 24.7. The van der Waals surface area contributed by atoms with Crippen LogP contribution in [0.5, 0.6) is 0 Å². The van der Waals surface area contributed by atoms with Gasteiger partial charge in [-0.05, 0) is 63.0 Å². The summed E-state index contributed by atoms with van der Waals surface area (Å²) in [5.41, 5.74) is 6.84. The second-order valence-corrected chi connectivity index (χ2v) is 10.4. The minimum Gasteiger partial charge on any atom is -0.368 e. The lowest BCUT2D eigenvalue weighted by atomic mass is 9.76. The number of primary amides is 1. The van der Waals surface area contributed by atoms with E-state index in [0.717, 1.165) is 51.5 Å². The SMILES string of the molecule is CNC(CC(C(=O)N1CCC2CCN(CCc3ccccc3)C(=O)C21)C1CCCCC1)C(N)=O. The lowest BCUT2D eigenvalue weighted by molar-refractivity contribution is -0.151. The Morgan fingerprint density at radius 1 is 1.06 bits per heavy atom. The highest BCUT2D eigenvalue weighted by atomic mass is 16.2. The van der Waals surface area contributed by atoms with Gasteiger partial charge in [0, 0.05) is 25.6 Å². The number of likely N-dealkylation sites (N-methyl/N-ethyl adjacent to an activating group) is 1. The molecular weight excluding hydrogens is 428 g/mol. The molecule has 2 heterocycles. The molecule has 1 aromatic rings. The number of hydrogen-bond donors (Lipinski definition) is 2. The molecule has 0 spiro atoms. The molecule has 0 aromatic heterocycles. The third-order valence-corrected chi connectivity index (χ3v) is 8.37. The van der Waals surface area contributed by atoms with Crippen molar-refractivity contribution in [2.24, 2.45) is 23.5 Å². The normalized spacial score (nSPS) is 25.1. The van der Waals surface area contributed by atoms with Gasteiger partial charge in [-0.25, -0.2) is 0 Å². The molecule has 1 aliphatic carbocycles. The summed E-state index contributed by atoms with van der Waals surface area (Å²) in [4.78, 5) is 43.4. The van der Waals surface area contributed by atoms with Gasteiger partial charge >= 0.3 is 0 Å². The molecule has 4 rings (SSSR count). The lowest BCUT2D eigenvalue weighted by Gasteiger charge is -2.40. The van der Waals surface area contributed by atoms with Crippen molar-refractivity contribution in [2.75, 3.05) is 26.7 Å². The van der Waals surface area contributed by atoms with Crippen LogP contribution < -0.4 is 11.1 Å². The van der Waals surface area contributed by atoms with Gasteiger partial charge in [-0.3, -0.25) is 14.4 Å². The van der Waals surface area contributed by atoms with Gasteiger partial charge in [-0.15, -0.1) is 0 Å². The van der Waals surface area contributed by atoms with E-state index < -0.39 is 11.9 Å². The summed E-state index contributed by atoms with van der Waals surface area (Å²) in [5.74, 6) is -0.0385. The molecule has 1 saturated carbocycles. The van der Waals surface area contributed by atoms with E-state index in [0.29, 0.717) is 19.5 Å². The molecule has 34 heavy (non-hydrogen) atoms. The van der Waals surface area contributed by atoms with Crippen LogP contribution in [0.2, 0.25) is 0 Å². The van der Waals surface area contributed by atoms with Gasteiger partial charge in [0.05, 0.1) is 6.04 Å². The van der Waals surface area contributed by atoms with Gasteiger partial charge < -0.3 is 20.9 Å². The van der Waals surface area contributed by atoms with E-state index in [-0.39, 0.29) is 35.6 Å². The Kier molecular flexibility index (Phi) is 8.24. The monoisotopic (exact) mass is 468 g/mol. The van der Waals surface area contributed by atoms with Gasteiger partial charge in [0.15, 0.2) is 0 Å². The molecule has 3 N–H and O–H groups in total. The van der Waals surface area contributed by atoms with Gasteiger partial charge in [0.1, 0.15) is 6.04 Å². The fourth-order valence-corrected chi connectivity index (χ4v) is 6.37. The highest BCUT2D eigenvalue weighted by Gasteiger charge is 2.48. The maximum absolute atomic E-state index is 14.0. The first-order valence-corrected chi connectivity index (χ1v) is 13.1. The first-order chi connectivity index (χ1) is 16.5. The molecule has 7 nitrogen and oxygen atoms in total. The Labute approximate surface area is 203 Å². The van der Waals surface area contributed by atoms with E-state index in [9.17, 15) is 14.4 Å². The van der Waals surface area contributed by atoms with Crippen molar-refractivity contribution in [1.29, 1.82) is 0 Å². The minimum absolute atomic E-state index is 0.0548. The van der Waals surface area contributed by atoms with Crippen LogP contribution in [-0.4, -0.2) is 66.3 Å². The predicted octanol–water partition coefficient (Wildman–Crippen LogP) is 2.34. The third kappa shape index (κ3) is 5.45. The van der Waals surface area contributed by atoms with Crippen molar-refractivity contribution in [3.8, 4) is 0 Å². The van der Waals surface area contributed by atoms with E-state index in [1.54, 1.807) is 7.05 Å². The number of fused-ring (bicyclic) bond motifs is 1. The molecule has 3 fully saturated rings. The van der Waals surface area contributed by atoms with Gasteiger partial charge in [0.25, 0.3) is 0 Å². The summed E-state index contributed by atoms with van der Waals surface area (Å²) in [6.45, 7) is 2.09. The molecule has 4 atom stereocenters. The van der Waals surface area contributed by atoms with Crippen LogP contribution in [0.4, 0.5) is 0 Å². The summed E-state index contributed by atoms with van der Waals surface area (Å²) >= 11 is 0. The maximum Gasteiger partial charge on any atom is 0.245 e. The van der Waals surface area contributed by atoms with Crippen LogP contribution >= 0.6 is 0 Å². The molecule has 3 amide bonds. The van der Waals surface area contributed by atoms with E-state index in [1.165, 1.54) is 12.0 Å². The van der Waals surface area contributed by atoms with Gasteiger partial charge in [0.2, 0.25) is 17.7 Å². The van der Waals surface area contributed by atoms with Crippen LogP contribution in [0.15, 0.2) is 30.3 Å². The van der Waals surface area contributed by atoms with Crippen LogP contribution in [0.1, 0.15) is 56.9 Å². The summed E-state index contributed by atoms with van der Waals surface area (Å²) in [5, 5.41) is 3.00. The van der Waals surface area contributed by atoms with Gasteiger partial charge in [-0.1, -0.05) is 49.6 Å². The molecule has 2 aliphatic heterocycles. The number of likely N-dealkylation sites (tertiary alicyclic amines) is 2. The van der Waals surface area contributed by atoms with E-state index in [4.69, 9.17) is 5.73 Å². The number of nitrogens with two attached hydrogens (primary N) is 1. The summed E-state index contributed by atoms with van der Waals surface area (Å²) < 4.78 is 0. The zero-order valence-electron chi connectivity index (χ0n) is 20.5. The second-order valence-electron chi connectivity index (χ2n) is 10.4. The second kappa shape index (κ2) is 11.3. The lowest BCUT2D eigenvalue weighted by Crippen LogP contribution is -2.56. The summed E-state index contributed by atoms with van der Waals surface area (Å²) in [6, 6.07) is 9.35. The van der Waals surface area contributed by atoms with Crippen molar-refractivity contribution in [1.82, 2.24) is 15.1 Å². The Bertz CT molecular complexity index is 855. The molecule has 0 bridgehead atoms. The largest absolute Gasteiger partial charge is 0.368 e. The van der Waals surface area contributed by atoms with Crippen LogP contribution in [0.25, 0.3) is 0 Å². The molecule has 4 unspecified atom stereocenters. The Balaban J connectivity index is 1.48. The van der Waals surface area contributed by atoms with E-state index in [1.807, 2.05) is 28.0 Å². The minimum atomic E-state index is -0.529. The van der Waals surface area contributed by atoms with E-state index >= 15 is 0 Å². The predicted molar refractivity (Wildman–Crippen MR) is 132 cm³/mol. The Hall–Kier alpha value is -2.41. The highest BCUT2D eigenvalue weighted by molar-refractivity contribution is 5.90. The Morgan fingerprint density at radius 3 is 2.44 bits per heavy atom. The molecular formula is C27H40N4O3. The molecule has 0 radical (unpaired) electrons. The quantitative estimate of drug-likeness (QED) is 0.582. The standard InChI is InChI=1S/C27H40N4O3/c1-29-23(25(28)32)18-22(20-10-6-3-7-11-20)26(33)31-17-14-21-13-16-30(27(34)24(21)31)15-12-19-8-4-2-5-9-19/h2,4-5,8-9,20-24,29H,3,6-7,10-18H2,1H3,(H2,28,32). The number of rotatable bonds is 9. The fourth-order valence-electron chi connectivity index (χ4n) is 6.37. The number of amides is 3. The van der Waals surface area contributed by atoms with Crippen molar-refractivity contribution >= 4 is 17.7 Å². The average Bonchev–Trinajstić information content (AvgIpc) is 3.30. The van der Waals surface area contributed by atoms with Gasteiger partial charge in [-0.2, -0.15) is 0 Å². The molecule has 2 saturated heterocycles. The van der Waals surface area contributed by atoms with Crippen LogP contribution in [-0.2, 0) is 20.8 Å². The smallest absolute Gasteiger partial charge is 0.245 e. The molecule has 3 aliphatic rings. The molecule has 186 valence electrons. The summed E-state index contributed by atoms with van der Waals surface area (Å²) in [6.07, 6.45) is 8.52. The van der Waals surface area contributed by atoms with Crippen molar-refractivity contribution in [2.45, 2.75) is 69.9 Å². The third-order valence-electron chi connectivity index (χ3n) is 8.37. The number of benzene rings is 1. The number of carbonyl (C=O) groups is 3. The van der Waals surface area contributed by atoms with Crippen LogP contribution in [0.3, 0.4) is 0 Å². The number of nitrogens with zero attached hydrogens (tertiary/aromatic N) is 2. The van der Waals surface area contributed by atoms with Crippen molar-refractivity contribution in [3.05, 3.63) is 35.9 Å². The number of nitrogens with one attached hydrogen (secondary N) is 1. The zero-order valence-corrected chi connectivity index (χ0v) is 20.5. The molecule has 1 aromatic carbocycles. The zero-order chi connectivity index (χ0) is 24.1. The number of carbonyl (C=O) groups excluding carboxylic acids is 3. The highest BCUT2D eigenvalue weighted by Crippen LogP contribution is 2.38. The average molecular weight is 469 g/mol. The summed E-state index contributed by atoms with van der Waals surface area (Å²) in [7, 11) is 1.72. The molecule has 7 heteroatoms. The number of piperidine rings is 1. The van der Waals surface area contributed by atoms with E-state index in [2.05, 4.69) is 17.4 Å². The maximum atomic E-state index is 14.0.